The summed E-state index contributed by atoms with van der Waals surface area (Å²) in [6.45, 7) is -0.00517. The number of para-hydroxylation sites is 1. The number of hydrogen-bond donors (Lipinski definition) is 1. The monoisotopic (exact) mass is 524 g/mol. The largest absolute Gasteiger partial charge is 0.492 e. The van der Waals surface area contributed by atoms with Crippen LogP contribution in [0.5, 0.6) is 11.5 Å². The normalized spacial score (nSPS) is 13.6. The fourth-order valence-corrected chi connectivity index (χ4v) is 3.59. The lowest BCUT2D eigenvalue weighted by molar-refractivity contribution is -0.143. The van der Waals surface area contributed by atoms with Gasteiger partial charge < -0.3 is 19.7 Å². The number of ether oxygens (including phenoxy) is 2. The smallest absolute Gasteiger partial charge is 0.416 e. The Hall–Kier alpha value is -4.22. The second kappa shape index (κ2) is 10.0. The van der Waals surface area contributed by atoms with Gasteiger partial charge in [-0.15, -0.1) is 0 Å². The highest BCUT2D eigenvalue weighted by atomic mass is 19.4. The van der Waals surface area contributed by atoms with E-state index in [-0.39, 0.29) is 37.2 Å². The van der Waals surface area contributed by atoms with Crippen LogP contribution in [0.4, 0.5) is 37.7 Å². The van der Waals surface area contributed by atoms with Gasteiger partial charge in [-0.1, -0.05) is 18.2 Å². The van der Waals surface area contributed by atoms with Gasteiger partial charge in [0.05, 0.1) is 23.4 Å². The van der Waals surface area contributed by atoms with Crippen LogP contribution < -0.4 is 19.7 Å². The van der Waals surface area contributed by atoms with E-state index in [0.29, 0.717) is 23.6 Å². The topological polar surface area (TPSA) is 67.9 Å². The van der Waals surface area contributed by atoms with Crippen molar-refractivity contribution < 1.29 is 45.4 Å². The highest BCUT2D eigenvalue weighted by molar-refractivity contribution is 6.05. The number of anilines is 2. The van der Waals surface area contributed by atoms with E-state index >= 15 is 0 Å². The maximum atomic E-state index is 13.1. The van der Waals surface area contributed by atoms with Gasteiger partial charge in [-0.05, 0) is 48.5 Å². The van der Waals surface area contributed by atoms with E-state index in [0.717, 1.165) is 0 Å². The molecule has 0 bridgehead atoms. The van der Waals surface area contributed by atoms with Crippen LogP contribution in [0, 0.1) is 0 Å². The number of fused-ring (bicyclic) bond motifs is 1. The molecule has 1 N–H and O–H groups in total. The number of halogens is 6. The van der Waals surface area contributed by atoms with Crippen molar-refractivity contribution in [3.63, 3.8) is 0 Å². The van der Waals surface area contributed by atoms with Crippen LogP contribution >= 0.6 is 0 Å². The number of carbonyl (C=O) groups is 2. The average Bonchev–Trinajstić information content (AvgIpc) is 2.84. The molecule has 0 saturated carbocycles. The van der Waals surface area contributed by atoms with E-state index in [1.54, 1.807) is 24.3 Å². The van der Waals surface area contributed by atoms with E-state index in [1.165, 1.54) is 23.1 Å². The second-order valence-electron chi connectivity index (χ2n) is 7.93. The first-order valence-electron chi connectivity index (χ1n) is 10.8. The molecule has 0 aliphatic carbocycles. The summed E-state index contributed by atoms with van der Waals surface area (Å²) in [6, 6.07) is 13.6. The molecule has 0 fully saturated rings. The minimum Gasteiger partial charge on any atom is -0.492 e. The SMILES string of the molecule is O=C(Nc1ccc2c(c1)N(CCOc1ccccc1)C(=O)CO2)c1cc(C(F)(F)F)cc(C(F)(F)F)c1. The Labute approximate surface area is 206 Å². The van der Waals surface area contributed by atoms with E-state index in [4.69, 9.17) is 9.47 Å². The van der Waals surface area contributed by atoms with Crippen molar-refractivity contribution in [3.05, 3.63) is 83.4 Å². The lowest BCUT2D eigenvalue weighted by atomic mass is 10.0. The lowest BCUT2D eigenvalue weighted by Crippen LogP contribution is -2.41. The van der Waals surface area contributed by atoms with E-state index in [9.17, 15) is 35.9 Å². The molecular weight excluding hydrogens is 506 g/mol. The Bertz CT molecular complexity index is 1280. The van der Waals surface area contributed by atoms with Gasteiger partial charge in [0.1, 0.15) is 18.1 Å². The van der Waals surface area contributed by atoms with Gasteiger partial charge in [-0.3, -0.25) is 9.59 Å². The van der Waals surface area contributed by atoms with Gasteiger partial charge in [-0.25, -0.2) is 0 Å². The fraction of sp³-hybridized carbons (Fsp3) is 0.200. The molecule has 0 spiro atoms. The van der Waals surface area contributed by atoms with Gasteiger partial charge in [0, 0.05) is 11.3 Å². The van der Waals surface area contributed by atoms with Crippen molar-refractivity contribution in [3.8, 4) is 11.5 Å². The van der Waals surface area contributed by atoms with Crippen molar-refractivity contribution in [1.82, 2.24) is 0 Å². The fourth-order valence-electron chi connectivity index (χ4n) is 3.59. The van der Waals surface area contributed by atoms with E-state index < -0.39 is 40.9 Å². The molecule has 37 heavy (non-hydrogen) atoms. The van der Waals surface area contributed by atoms with Gasteiger partial charge >= 0.3 is 12.4 Å². The van der Waals surface area contributed by atoms with Crippen LogP contribution in [0.15, 0.2) is 66.7 Å². The zero-order chi connectivity index (χ0) is 26.8. The third-order valence-electron chi connectivity index (χ3n) is 5.34. The van der Waals surface area contributed by atoms with Crippen LogP contribution in [0.2, 0.25) is 0 Å². The summed E-state index contributed by atoms with van der Waals surface area (Å²) in [5, 5.41) is 2.28. The van der Waals surface area contributed by atoms with Crippen LogP contribution in [-0.2, 0) is 17.1 Å². The summed E-state index contributed by atoms with van der Waals surface area (Å²) in [4.78, 5) is 26.5. The van der Waals surface area contributed by atoms with Gasteiger partial charge in [0.2, 0.25) is 0 Å². The van der Waals surface area contributed by atoms with Gasteiger partial charge in [-0.2, -0.15) is 26.3 Å². The first-order chi connectivity index (χ1) is 17.4. The Balaban J connectivity index is 1.56. The Morgan fingerprint density at radius 1 is 0.919 bits per heavy atom. The molecule has 3 aromatic carbocycles. The quantitative estimate of drug-likeness (QED) is 0.415. The predicted octanol–water partition coefficient (Wildman–Crippen LogP) is 5.78. The zero-order valence-electron chi connectivity index (χ0n) is 18.8. The molecule has 3 aromatic rings. The number of hydrogen-bond acceptors (Lipinski definition) is 4. The average molecular weight is 524 g/mol. The molecule has 0 aromatic heterocycles. The van der Waals surface area contributed by atoms with Crippen LogP contribution in [-0.4, -0.2) is 31.6 Å². The highest BCUT2D eigenvalue weighted by Gasteiger charge is 2.37. The summed E-state index contributed by atoms with van der Waals surface area (Å²) in [5.41, 5.74) is -3.77. The van der Waals surface area contributed by atoms with E-state index in [1.807, 2.05) is 6.07 Å². The second-order valence-corrected chi connectivity index (χ2v) is 7.93. The maximum Gasteiger partial charge on any atom is 0.416 e. The molecule has 1 heterocycles. The number of rotatable bonds is 6. The van der Waals surface area contributed by atoms with Crippen LogP contribution in [0.1, 0.15) is 21.5 Å². The lowest BCUT2D eigenvalue weighted by Gasteiger charge is -2.29. The molecule has 194 valence electrons. The molecule has 1 aliphatic heterocycles. The van der Waals surface area contributed by atoms with Crippen molar-refractivity contribution >= 4 is 23.2 Å². The maximum absolute atomic E-state index is 13.1. The minimum absolute atomic E-state index is 0.0296. The third-order valence-corrected chi connectivity index (χ3v) is 5.34. The van der Waals surface area contributed by atoms with Crippen LogP contribution in [0.25, 0.3) is 0 Å². The number of amides is 2. The number of carbonyl (C=O) groups excluding carboxylic acids is 2. The summed E-state index contributed by atoms with van der Waals surface area (Å²) >= 11 is 0. The van der Waals surface area contributed by atoms with Gasteiger partial charge in [0.25, 0.3) is 11.8 Å². The predicted molar refractivity (Wildman–Crippen MR) is 121 cm³/mol. The molecule has 0 atom stereocenters. The van der Waals surface area contributed by atoms with Crippen molar-refractivity contribution in [2.75, 3.05) is 30.0 Å². The van der Waals surface area contributed by atoms with Gasteiger partial charge in [0.15, 0.2) is 6.61 Å². The number of nitrogens with one attached hydrogen (secondary N) is 1. The van der Waals surface area contributed by atoms with Crippen molar-refractivity contribution in [2.45, 2.75) is 12.4 Å². The summed E-state index contributed by atoms with van der Waals surface area (Å²) in [5.74, 6) is -0.710. The first-order valence-corrected chi connectivity index (χ1v) is 10.8. The number of alkyl halides is 6. The summed E-state index contributed by atoms with van der Waals surface area (Å²) in [6.07, 6.45) is -10.2. The van der Waals surface area contributed by atoms with Crippen molar-refractivity contribution in [2.24, 2.45) is 0 Å². The number of nitrogens with zero attached hydrogens (tertiary/aromatic N) is 1. The van der Waals surface area contributed by atoms with Crippen LogP contribution in [0.3, 0.4) is 0 Å². The standard InChI is InChI=1S/C25H18F6N2O4/c26-24(27,28)16-10-15(11-17(12-16)25(29,30)31)23(35)32-18-6-7-21-20(13-18)33(22(34)14-37-21)8-9-36-19-4-2-1-3-5-19/h1-7,10-13H,8-9,14H2,(H,32,35). The highest BCUT2D eigenvalue weighted by Crippen LogP contribution is 2.37. The summed E-state index contributed by atoms with van der Waals surface area (Å²) in [7, 11) is 0. The Morgan fingerprint density at radius 2 is 1.57 bits per heavy atom. The molecule has 2 amide bonds. The molecule has 0 saturated heterocycles. The Morgan fingerprint density at radius 3 is 2.19 bits per heavy atom. The molecule has 12 heteroatoms. The van der Waals surface area contributed by atoms with Crippen molar-refractivity contribution in [1.29, 1.82) is 0 Å². The molecule has 1 aliphatic rings. The van der Waals surface area contributed by atoms with E-state index in [2.05, 4.69) is 5.32 Å². The molecule has 0 unspecified atom stereocenters. The summed E-state index contributed by atoms with van der Waals surface area (Å²) < 4.78 is 89.9. The zero-order valence-corrected chi connectivity index (χ0v) is 18.8. The molecular formula is C25H18F6N2O4. The first kappa shape index (κ1) is 25.9. The molecule has 0 radical (unpaired) electrons. The minimum atomic E-state index is -5.10. The molecule has 4 rings (SSSR count). The number of benzene rings is 3. The molecule has 6 nitrogen and oxygen atoms in total. The Kier molecular flexibility index (Phi) is 7.01. The third kappa shape index (κ3) is 6.13.